The Bertz CT molecular complexity index is 803. The van der Waals surface area contributed by atoms with Gasteiger partial charge in [0.25, 0.3) is 11.5 Å². The van der Waals surface area contributed by atoms with E-state index in [1.54, 1.807) is 0 Å². The lowest BCUT2D eigenvalue weighted by Crippen LogP contribution is -2.46. The lowest BCUT2D eigenvalue weighted by Gasteiger charge is -1.98. The number of hydrogen-bond acceptors (Lipinski definition) is 0. The quantitative estimate of drug-likeness (QED) is 0.403. The summed E-state index contributed by atoms with van der Waals surface area (Å²) in [7, 11) is 2.02. The van der Waals surface area contributed by atoms with Gasteiger partial charge in [0.2, 0.25) is 0 Å². The van der Waals surface area contributed by atoms with E-state index in [0.717, 1.165) is 22.5 Å². The van der Waals surface area contributed by atoms with Crippen LogP contribution >= 0.6 is 11.6 Å². The molecule has 100 valence electrons. The predicted molar refractivity (Wildman–Crippen MR) is 79.2 cm³/mol. The molecule has 0 saturated carbocycles. The summed E-state index contributed by atoms with van der Waals surface area (Å²) >= 11 is 6.02. The first-order chi connectivity index (χ1) is 9.56. The fourth-order valence-electron chi connectivity index (χ4n) is 2.31. The topological polar surface area (TPSA) is 60.6 Å². The van der Waals surface area contributed by atoms with Crippen LogP contribution in [0, 0.1) is 0 Å². The minimum atomic E-state index is 0.328. The van der Waals surface area contributed by atoms with E-state index in [1.165, 1.54) is 0 Å². The van der Waals surface area contributed by atoms with Crippen molar-refractivity contribution in [1.82, 2.24) is 4.57 Å². The number of rotatable bonds is 2. The number of halogens is 1. The molecule has 2 heterocycles. The molecule has 0 spiro atoms. The summed E-state index contributed by atoms with van der Waals surface area (Å²) in [6.45, 7) is 0. The Morgan fingerprint density at radius 2 is 1.85 bits per heavy atom. The molecule has 0 bridgehead atoms. The van der Waals surface area contributed by atoms with Gasteiger partial charge in [-0.3, -0.25) is 11.1 Å². The van der Waals surface area contributed by atoms with Crippen molar-refractivity contribution in [2.75, 3.05) is 0 Å². The van der Waals surface area contributed by atoms with Crippen molar-refractivity contribution in [2.45, 2.75) is 0 Å². The largest absolute Gasteiger partial charge is 0.287 e. The average Bonchev–Trinajstić information content (AvgIpc) is 2.75. The number of benzene rings is 1. The maximum absolute atomic E-state index is 6.02. The zero-order valence-electron chi connectivity index (χ0n) is 11.0. The molecular formula is C15H15ClN4+2. The number of imidazole rings is 1. The first-order valence-electron chi connectivity index (χ1n) is 6.21. The molecule has 2 aromatic heterocycles. The van der Waals surface area contributed by atoms with Crippen molar-refractivity contribution in [3.05, 3.63) is 59.4 Å². The van der Waals surface area contributed by atoms with Gasteiger partial charge in [-0.15, -0.1) is 0 Å². The fourth-order valence-corrected chi connectivity index (χ4v) is 2.48. The summed E-state index contributed by atoms with van der Waals surface area (Å²) in [5.74, 6) is 0.328. The van der Waals surface area contributed by atoms with Crippen molar-refractivity contribution < 1.29 is 9.81 Å². The summed E-state index contributed by atoms with van der Waals surface area (Å²) in [5.41, 5.74) is 9.67. The molecule has 0 aliphatic rings. The Labute approximate surface area is 121 Å². The number of aromatic nitrogens is 2. The molecule has 0 amide bonds. The monoisotopic (exact) mass is 286 g/mol. The molecule has 0 aliphatic carbocycles. The Balaban J connectivity index is 2.14. The third kappa shape index (κ3) is 2.04. The molecule has 3 aromatic rings. The van der Waals surface area contributed by atoms with Crippen LogP contribution in [0.2, 0.25) is 5.02 Å². The van der Waals surface area contributed by atoms with E-state index in [-0.39, 0.29) is 0 Å². The van der Waals surface area contributed by atoms with E-state index >= 15 is 0 Å². The number of pyridine rings is 1. The number of aryl methyl sites for hydroxylation is 1. The fraction of sp³-hybridized carbons (Fsp3) is 0.0667. The zero-order valence-corrected chi connectivity index (χ0v) is 11.8. The molecule has 0 radical (unpaired) electrons. The maximum atomic E-state index is 6.02. The summed E-state index contributed by atoms with van der Waals surface area (Å²) in [4.78, 5) is 0. The Morgan fingerprint density at radius 1 is 1.15 bits per heavy atom. The van der Waals surface area contributed by atoms with Gasteiger partial charge in [0.1, 0.15) is 12.4 Å². The van der Waals surface area contributed by atoms with Crippen LogP contribution in [0.3, 0.4) is 0 Å². The van der Waals surface area contributed by atoms with Crippen LogP contribution < -0.4 is 15.5 Å². The second kappa shape index (κ2) is 4.65. The number of amidine groups is 1. The van der Waals surface area contributed by atoms with Gasteiger partial charge in [0.15, 0.2) is 5.69 Å². The number of fused-ring (bicyclic) bond motifs is 1. The number of nitrogens with two attached hydrogens (primary N) is 2. The van der Waals surface area contributed by atoms with Crippen LogP contribution in [0.5, 0.6) is 0 Å². The Hall–Kier alpha value is -2.33. The van der Waals surface area contributed by atoms with E-state index in [2.05, 4.69) is 4.57 Å². The van der Waals surface area contributed by atoms with Crippen LogP contribution in [0.15, 0.2) is 48.8 Å². The number of nitrogens with zero attached hydrogens (tertiary/aromatic N) is 2. The SMILES string of the molecule is Cn1c(-c2ccc(C(N)=[NH2+])cc2)c[n+]2cc(Cl)ccc12. The first-order valence-corrected chi connectivity index (χ1v) is 6.59. The van der Waals surface area contributed by atoms with E-state index in [9.17, 15) is 0 Å². The lowest BCUT2D eigenvalue weighted by atomic mass is 10.1. The molecule has 20 heavy (non-hydrogen) atoms. The second-order valence-corrected chi connectivity index (χ2v) is 5.16. The molecule has 5 heteroatoms. The summed E-state index contributed by atoms with van der Waals surface area (Å²) < 4.78 is 4.12. The van der Waals surface area contributed by atoms with Gasteiger partial charge < -0.3 is 0 Å². The highest BCUT2D eigenvalue weighted by atomic mass is 35.5. The highest BCUT2D eigenvalue weighted by Gasteiger charge is 2.16. The molecule has 3 rings (SSSR count). The molecule has 0 atom stereocenters. The van der Waals surface area contributed by atoms with Gasteiger partial charge in [0.05, 0.1) is 17.6 Å². The molecule has 0 unspecified atom stereocenters. The number of hydrogen-bond donors (Lipinski definition) is 2. The minimum absolute atomic E-state index is 0.328. The van der Waals surface area contributed by atoms with Crippen LogP contribution in [0.1, 0.15) is 5.56 Å². The van der Waals surface area contributed by atoms with Gasteiger partial charge in [-0.1, -0.05) is 11.6 Å². The van der Waals surface area contributed by atoms with Crippen molar-refractivity contribution in [2.24, 2.45) is 12.8 Å². The van der Waals surface area contributed by atoms with E-state index in [1.807, 2.05) is 60.2 Å². The van der Waals surface area contributed by atoms with Crippen LogP contribution in [0.25, 0.3) is 16.9 Å². The van der Waals surface area contributed by atoms with E-state index in [4.69, 9.17) is 22.7 Å². The molecule has 0 saturated heterocycles. The van der Waals surface area contributed by atoms with Crippen molar-refractivity contribution >= 4 is 23.1 Å². The van der Waals surface area contributed by atoms with Crippen LogP contribution in [-0.2, 0) is 7.05 Å². The summed E-state index contributed by atoms with van der Waals surface area (Å²) in [5, 5.41) is 6.29. The third-order valence-electron chi connectivity index (χ3n) is 3.40. The van der Waals surface area contributed by atoms with Gasteiger partial charge in [-0.2, -0.15) is 0 Å². The van der Waals surface area contributed by atoms with Gasteiger partial charge in [-0.05, 0) is 30.3 Å². The standard InChI is InChI=1S/C15H14ClN4/c1-19-13(9-20-8-12(16)6-7-14(19)20)10-2-4-11(5-3-10)15(17)18/h2-9H,1H3,(H3,17,18)/q+1/p+1. The first kappa shape index (κ1) is 12.7. The Morgan fingerprint density at radius 3 is 2.50 bits per heavy atom. The second-order valence-electron chi connectivity index (χ2n) is 4.72. The third-order valence-corrected chi connectivity index (χ3v) is 3.62. The van der Waals surface area contributed by atoms with Gasteiger partial charge in [0, 0.05) is 11.6 Å². The van der Waals surface area contributed by atoms with Crippen molar-refractivity contribution in [3.63, 3.8) is 0 Å². The van der Waals surface area contributed by atoms with Crippen molar-refractivity contribution in [1.29, 1.82) is 0 Å². The molecule has 1 aromatic carbocycles. The molecule has 4 N–H and O–H groups in total. The van der Waals surface area contributed by atoms with Crippen LogP contribution in [0.4, 0.5) is 0 Å². The molecule has 0 fully saturated rings. The average molecular weight is 287 g/mol. The zero-order chi connectivity index (χ0) is 14.3. The molecule has 0 aliphatic heterocycles. The Kier molecular flexibility index (Phi) is 2.95. The minimum Gasteiger partial charge on any atom is -0.287 e. The molecular weight excluding hydrogens is 272 g/mol. The van der Waals surface area contributed by atoms with Gasteiger partial charge >= 0.3 is 0 Å². The van der Waals surface area contributed by atoms with Crippen LogP contribution in [-0.4, -0.2) is 10.4 Å². The van der Waals surface area contributed by atoms with Gasteiger partial charge in [-0.25, -0.2) is 8.97 Å². The van der Waals surface area contributed by atoms with E-state index in [0.29, 0.717) is 10.9 Å². The summed E-state index contributed by atoms with van der Waals surface area (Å²) in [6, 6.07) is 11.7. The lowest BCUT2D eigenvalue weighted by molar-refractivity contribution is -0.510. The predicted octanol–water partition coefficient (Wildman–Crippen LogP) is 0.549. The highest BCUT2D eigenvalue weighted by Crippen LogP contribution is 2.20. The highest BCUT2D eigenvalue weighted by molar-refractivity contribution is 6.30. The smallest absolute Gasteiger partial charge is 0.286 e. The maximum Gasteiger partial charge on any atom is 0.286 e. The molecule has 4 nitrogen and oxygen atoms in total. The summed E-state index contributed by atoms with van der Waals surface area (Å²) in [6.07, 6.45) is 3.94. The normalized spacial score (nSPS) is 10.9. The van der Waals surface area contributed by atoms with E-state index < -0.39 is 0 Å². The van der Waals surface area contributed by atoms with Crippen molar-refractivity contribution in [3.8, 4) is 11.3 Å².